The monoisotopic (exact) mass is 475 g/mol. The van der Waals surface area contributed by atoms with Crippen LogP contribution in [0, 0.1) is 0 Å². The number of carbonyl (C=O) groups excluding carboxylic acids is 1. The van der Waals surface area contributed by atoms with Crippen molar-refractivity contribution in [1.82, 2.24) is 15.3 Å². The standard InChI is InChI=1S/C26H29N5O4/c1-26(2,3)30-24(32)15-31(4)20-9-7-6-8-18(20)23-14-28-25(35-23)29-17-10-11-19(21(12-17)33-5)22-13-27-16-34-22/h6-14,16H,15H2,1-5H3,(H,28,29)(H,30,32). The Morgan fingerprint density at radius 1 is 1.09 bits per heavy atom. The number of hydrogen-bond donors (Lipinski definition) is 2. The zero-order valence-electron chi connectivity index (χ0n) is 20.5. The van der Waals surface area contributed by atoms with Gasteiger partial charge in [-0.2, -0.15) is 0 Å². The lowest BCUT2D eigenvalue weighted by molar-refractivity contribution is -0.121. The molecule has 0 aliphatic rings. The first-order valence-electron chi connectivity index (χ1n) is 11.1. The molecule has 0 fully saturated rings. The van der Waals surface area contributed by atoms with Crippen LogP contribution in [0.4, 0.5) is 17.4 Å². The number of likely N-dealkylation sites (N-methyl/N-ethyl adjacent to an activating group) is 1. The molecule has 1 amide bonds. The van der Waals surface area contributed by atoms with Gasteiger partial charge in [-0.05, 0) is 45.0 Å². The Balaban J connectivity index is 1.52. The van der Waals surface area contributed by atoms with E-state index in [-0.39, 0.29) is 18.0 Å². The van der Waals surface area contributed by atoms with Crippen LogP contribution >= 0.6 is 0 Å². The fourth-order valence-corrected chi connectivity index (χ4v) is 3.67. The van der Waals surface area contributed by atoms with E-state index in [4.69, 9.17) is 13.6 Å². The van der Waals surface area contributed by atoms with Crippen molar-refractivity contribution in [3.8, 4) is 28.4 Å². The average Bonchev–Trinajstić information content (AvgIpc) is 3.50. The van der Waals surface area contributed by atoms with Crippen molar-refractivity contribution in [1.29, 1.82) is 0 Å². The van der Waals surface area contributed by atoms with E-state index in [1.165, 1.54) is 6.39 Å². The normalized spacial score (nSPS) is 11.2. The molecule has 2 aromatic carbocycles. The molecule has 2 heterocycles. The van der Waals surface area contributed by atoms with Crippen LogP contribution in [0.25, 0.3) is 22.6 Å². The quantitative estimate of drug-likeness (QED) is 0.363. The molecule has 9 heteroatoms. The third kappa shape index (κ3) is 5.81. The lowest BCUT2D eigenvalue weighted by Gasteiger charge is -2.25. The number of benzene rings is 2. The molecule has 35 heavy (non-hydrogen) atoms. The Hall–Kier alpha value is -4.27. The number of hydrogen-bond acceptors (Lipinski definition) is 8. The predicted molar refractivity (Wildman–Crippen MR) is 135 cm³/mol. The Labute approximate surface area is 204 Å². The van der Waals surface area contributed by atoms with Gasteiger partial charge in [-0.1, -0.05) is 12.1 Å². The predicted octanol–water partition coefficient (Wildman–Crippen LogP) is 5.10. The van der Waals surface area contributed by atoms with Gasteiger partial charge in [-0.25, -0.2) is 9.97 Å². The first-order valence-corrected chi connectivity index (χ1v) is 11.1. The van der Waals surface area contributed by atoms with Crippen molar-refractivity contribution < 1.29 is 18.4 Å². The zero-order valence-corrected chi connectivity index (χ0v) is 20.5. The van der Waals surface area contributed by atoms with Gasteiger partial charge in [0.15, 0.2) is 17.9 Å². The van der Waals surface area contributed by atoms with E-state index < -0.39 is 0 Å². The molecule has 2 N–H and O–H groups in total. The van der Waals surface area contributed by atoms with Crippen LogP contribution in [0.15, 0.2) is 70.1 Å². The molecular formula is C26H29N5O4. The Morgan fingerprint density at radius 3 is 2.60 bits per heavy atom. The summed E-state index contributed by atoms with van der Waals surface area (Å²) in [7, 11) is 3.47. The largest absolute Gasteiger partial charge is 0.496 e. The van der Waals surface area contributed by atoms with Crippen molar-refractivity contribution in [2.75, 3.05) is 30.9 Å². The molecular weight excluding hydrogens is 446 g/mol. The molecule has 0 aliphatic carbocycles. The van der Waals surface area contributed by atoms with Crippen LogP contribution in [0.3, 0.4) is 0 Å². The smallest absolute Gasteiger partial charge is 0.299 e. The number of aromatic nitrogens is 2. The van der Waals surface area contributed by atoms with Crippen molar-refractivity contribution in [2.45, 2.75) is 26.3 Å². The summed E-state index contributed by atoms with van der Waals surface area (Å²) in [6.07, 6.45) is 4.67. The Bertz CT molecular complexity index is 1290. The molecule has 0 saturated carbocycles. The molecule has 9 nitrogen and oxygen atoms in total. The highest BCUT2D eigenvalue weighted by molar-refractivity contribution is 5.84. The van der Waals surface area contributed by atoms with E-state index >= 15 is 0 Å². The van der Waals surface area contributed by atoms with Gasteiger partial charge in [0.05, 0.1) is 31.6 Å². The first kappa shape index (κ1) is 23.9. The SMILES string of the molecule is COc1cc(Nc2ncc(-c3ccccc3N(C)CC(=O)NC(C)(C)C)o2)ccc1-c1cnco1. The van der Waals surface area contributed by atoms with Gasteiger partial charge in [0.2, 0.25) is 5.91 Å². The fourth-order valence-electron chi connectivity index (χ4n) is 3.67. The Kier molecular flexibility index (Phi) is 6.77. The highest BCUT2D eigenvalue weighted by atomic mass is 16.5. The first-order chi connectivity index (χ1) is 16.7. The number of oxazole rings is 2. The third-order valence-electron chi connectivity index (χ3n) is 5.13. The van der Waals surface area contributed by atoms with Crippen molar-refractivity contribution in [3.63, 3.8) is 0 Å². The molecule has 4 rings (SSSR count). The van der Waals surface area contributed by atoms with E-state index in [1.807, 2.05) is 75.2 Å². The maximum atomic E-state index is 12.4. The number of para-hydroxylation sites is 1. The molecule has 0 spiro atoms. The van der Waals surface area contributed by atoms with Gasteiger partial charge in [-0.15, -0.1) is 0 Å². The number of anilines is 3. The number of amides is 1. The summed E-state index contributed by atoms with van der Waals surface area (Å²) in [5, 5.41) is 6.15. The molecule has 4 aromatic rings. The summed E-state index contributed by atoms with van der Waals surface area (Å²) in [6.45, 7) is 6.09. The summed E-state index contributed by atoms with van der Waals surface area (Å²) in [5.74, 6) is 1.76. The van der Waals surface area contributed by atoms with E-state index in [2.05, 4.69) is 20.6 Å². The van der Waals surface area contributed by atoms with Crippen molar-refractivity contribution >= 4 is 23.3 Å². The van der Waals surface area contributed by atoms with Crippen LogP contribution in [-0.2, 0) is 4.79 Å². The fraction of sp³-hybridized carbons (Fsp3) is 0.269. The van der Waals surface area contributed by atoms with E-state index in [1.54, 1.807) is 19.5 Å². The summed E-state index contributed by atoms with van der Waals surface area (Å²) >= 11 is 0. The van der Waals surface area contributed by atoms with Gasteiger partial charge < -0.3 is 29.1 Å². The van der Waals surface area contributed by atoms with Crippen molar-refractivity contribution in [3.05, 3.63) is 61.3 Å². The molecule has 0 unspecified atom stereocenters. The maximum absolute atomic E-state index is 12.4. The highest BCUT2D eigenvalue weighted by Gasteiger charge is 2.19. The topological polar surface area (TPSA) is 106 Å². The number of nitrogens with zero attached hydrogens (tertiary/aromatic N) is 3. The molecule has 0 aliphatic heterocycles. The van der Waals surface area contributed by atoms with Crippen molar-refractivity contribution in [2.24, 2.45) is 0 Å². The average molecular weight is 476 g/mol. The van der Waals surface area contributed by atoms with Gasteiger partial charge in [0, 0.05) is 35.6 Å². The summed E-state index contributed by atoms with van der Waals surface area (Å²) in [4.78, 5) is 22.7. The van der Waals surface area contributed by atoms with Crippen LogP contribution in [0.1, 0.15) is 20.8 Å². The number of ether oxygens (including phenoxy) is 1. The lowest BCUT2D eigenvalue weighted by atomic mass is 10.1. The minimum absolute atomic E-state index is 0.0579. The number of carbonyl (C=O) groups is 1. The Morgan fingerprint density at radius 2 is 1.89 bits per heavy atom. The van der Waals surface area contributed by atoms with Crippen LogP contribution in [0.5, 0.6) is 5.75 Å². The van der Waals surface area contributed by atoms with Crippen LogP contribution in [0.2, 0.25) is 0 Å². The maximum Gasteiger partial charge on any atom is 0.299 e. The second-order valence-corrected chi connectivity index (χ2v) is 9.11. The minimum atomic E-state index is -0.293. The van der Waals surface area contributed by atoms with Crippen LogP contribution in [-0.4, -0.2) is 42.1 Å². The number of rotatable bonds is 8. The molecule has 0 atom stereocenters. The third-order valence-corrected chi connectivity index (χ3v) is 5.13. The molecule has 0 bridgehead atoms. The lowest BCUT2D eigenvalue weighted by Crippen LogP contribution is -2.45. The molecule has 2 aromatic heterocycles. The second kappa shape index (κ2) is 9.92. The van der Waals surface area contributed by atoms with Gasteiger partial charge in [0.1, 0.15) is 5.75 Å². The van der Waals surface area contributed by atoms with Crippen LogP contribution < -0.4 is 20.3 Å². The molecule has 0 radical (unpaired) electrons. The number of methoxy groups -OCH3 is 1. The van der Waals surface area contributed by atoms with E-state index in [0.717, 1.165) is 22.5 Å². The summed E-state index contributed by atoms with van der Waals surface area (Å²) in [6, 6.07) is 13.6. The minimum Gasteiger partial charge on any atom is -0.496 e. The second-order valence-electron chi connectivity index (χ2n) is 9.11. The van der Waals surface area contributed by atoms with E-state index in [9.17, 15) is 4.79 Å². The molecule has 182 valence electrons. The number of nitrogens with one attached hydrogen (secondary N) is 2. The highest BCUT2D eigenvalue weighted by Crippen LogP contribution is 2.35. The van der Waals surface area contributed by atoms with Gasteiger partial charge in [-0.3, -0.25) is 4.79 Å². The molecule has 0 saturated heterocycles. The van der Waals surface area contributed by atoms with Gasteiger partial charge >= 0.3 is 0 Å². The zero-order chi connectivity index (χ0) is 25.0. The summed E-state index contributed by atoms with van der Waals surface area (Å²) < 4.78 is 16.9. The summed E-state index contributed by atoms with van der Waals surface area (Å²) in [5.41, 5.74) is 2.92. The van der Waals surface area contributed by atoms with E-state index in [0.29, 0.717) is 23.3 Å². The van der Waals surface area contributed by atoms with Gasteiger partial charge in [0.25, 0.3) is 6.01 Å².